The topological polar surface area (TPSA) is 98.7 Å². The summed E-state index contributed by atoms with van der Waals surface area (Å²) in [7, 11) is 0. The van der Waals surface area contributed by atoms with Crippen molar-refractivity contribution in [2.75, 3.05) is 6.61 Å². The summed E-state index contributed by atoms with van der Waals surface area (Å²) in [6.07, 6.45) is 0.415. The first-order valence-electron chi connectivity index (χ1n) is 8.78. The largest absolute Gasteiger partial charge is 0.481 e. The van der Waals surface area contributed by atoms with Crippen molar-refractivity contribution in [1.29, 1.82) is 0 Å². The fraction of sp³-hybridized carbons (Fsp3) is 0.300. The molecule has 2 unspecified atom stereocenters. The maximum Gasteiger partial charge on any atom is 0.315 e. The second-order valence-electron chi connectivity index (χ2n) is 6.31. The van der Waals surface area contributed by atoms with Gasteiger partial charge in [0.1, 0.15) is 11.6 Å². The van der Waals surface area contributed by atoms with Crippen LogP contribution >= 0.6 is 0 Å². The van der Waals surface area contributed by atoms with Crippen molar-refractivity contribution in [1.82, 2.24) is 10.6 Å². The number of nitrogens with one attached hydrogen (secondary N) is 2. The van der Waals surface area contributed by atoms with Crippen LogP contribution in [0.2, 0.25) is 0 Å². The van der Waals surface area contributed by atoms with E-state index in [2.05, 4.69) is 10.6 Å². The molecule has 0 aliphatic carbocycles. The summed E-state index contributed by atoms with van der Waals surface area (Å²) in [6.45, 7) is -0.705. The van der Waals surface area contributed by atoms with Crippen LogP contribution in [-0.4, -0.2) is 34.9 Å². The molecule has 0 fully saturated rings. The second-order valence-corrected chi connectivity index (χ2v) is 6.31. The van der Waals surface area contributed by atoms with Crippen molar-refractivity contribution >= 4 is 12.0 Å². The normalized spacial score (nSPS) is 12.8. The van der Waals surface area contributed by atoms with Gasteiger partial charge >= 0.3 is 12.0 Å². The lowest BCUT2D eigenvalue weighted by molar-refractivity contribution is -0.137. The van der Waals surface area contributed by atoms with Gasteiger partial charge in [0.05, 0.1) is 12.6 Å². The summed E-state index contributed by atoms with van der Waals surface area (Å²) in [4.78, 5) is 23.2. The zero-order valence-corrected chi connectivity index (χ0v) is 15.1. The molecular formula is C20H22F2N2O4. The molecule has 2 aromatic carbocycles. The van der Waals surface area contributed by atoms with E-state index in [1.54, 1.807) is 0 Å². The average Bonchev–Trinajstić information content (AvgIpc) is 2.65. The fourth-order valence-electron chi connectivity index (χ4n) is 2.86. The van der Waals surface area contributed by atoms with Gasteiger partial charge in [-0.1, -0.05) is 36.4 Å². The van der Waals surface area contributed by atoms with Gasteiger partial charge in [-0.2, -0.15) is 0 Å². The highest BCUT2D eigenvalue weighted by atomic mass is 19.1. The Labute approximate surface area is 161 Å². The molecule has 0 aliphatic rings. The molecule has 0 heterocycles. The van der Waals surface area contributed by atoms with Crippen molar-refractivity contribution in [2.45, 2.75) is 31.3 Å². The van der Waals surface area contributed by atoms with E-state index in [-0.39, 0.29) is 12.8 Å². The number of hydrogen-bond donors (Lipinski definition) is 4. The third kappa shape index (κ3) is 6.31. The number of carbonyl (C=O) groups excluding carboxylic acids is 1. The molecule has 28 heavy (non-hydrogen) atoms. The summed E-state index contributed by atoms with van der Waals surface area (Å²) < 4.78 is 27.8. The minimum absolute atomic E-state index is 0.150. The Bertz CT molecular complexity index is 782. The van der Waals surface area contributed by atoms with Gasteiger partial charge in [-0.05, 0) is 30.5 Å². The highest BCUT2D eigenvalue weighted by molar-refractivity contribution is 5.75. The van der Waals surface area contributed by atoms with E-state index in [9.17, 15) is 23.5 Å². The molecule has 0 radical (unpaired) electrons. The van der Waals surface area contributed by atoms with Crippen LogP contribution in [0.4, 0.5) is 13.6 Å². The van der Waals surface area contributed by atoms with Crippen molar-refractivity contribution in [3.05, 3.63) is 71.3 Å². The number of urea groups is 1. The Morgan fingerprint density at radius 3 is 2.18 bits per heavy atom. The number of halogens is 2. The van der Waals surface area contributed by atoms with Gasteiger partial charge in [0.15, 0.2) is 0 Å². The summed E-state index contributed by atoms with van der Waals surface area (Å²) in [5, 5.41) is 23.3. The molecule has 8 heteroatoms. The number of carboxylic acid groups (broad SMARTS) is 1. The number of carboxylic acids is 1. The van der Waals surface area contributed by atoms with E-state index in [0.29, 0.717) is 6.42 Å². The van der Waals surface area contributed by atoms with Gasteiger partial charge in [0.2, 0.25) is 0 Å². The molecule has 0 saturated heterocycles. The maximum absolute atomic E-state index is 13.9. The third-order valence-corrected chi connectivity index (χ3v) is 4.20. The van der Waals surface area contributed by atoms with Crippen LogP contribution < -0.4 is 10.6 Å². The number of aliphatic carboxylic acids is 1. The first-order valence-corrected chi connectivity index (χ1v) is 8.78. The standard InChI is InChI=1S/C20H22F2N2O4/c21-15-7-4-8-16(22)19(15)17(12-25)24-20(28)23-14(9-10-18(26)27)11-13-5-2-1-3-6-13/h1-8,14,17,25H,9-12H2,(H,26,27)(H2,23,24,28). The highest BCUT2D eigenvalue weighted by Gasteiger charge is 2.23. The molecule has 150 valence electrons. The maximum atomic E-state index is 13.9. The van der Waals surface area contributed by atoms with Crippen molar-refractivity contribution in [3.63, 3.8) is 0 Å². The SMILES string of the molecule is O=C(O)CCC(Cc1ccccc1)NC(=O)NC(CO)c1c(F)cccc1F. The van der Waals surface area contributed by atoms with E-state index in [1.807, 2.05) is 30.3 Å². The molecule has 0 saturated carbocycles. The summed E-state index contributed by atoms with van der Waals surface area (Å²) >= 11 is 0. The first kappa shape index (κ1) is 21.3. The Kier molecular flexibility index (Phi) is 7.88. The number of hydrogen-bond acceptors (Lipinski definition) is 3. The number of rotatable bonds is 9. The van der Waals surface area contributed by atoms with E-state index < -0.39 is 47.9 Å². The van der Waals surface area contributed by atoms with E-state index in [0.717, 1.165) is 17.7 Å². The molecule has 2 amide bonds. The molecular weight excluding hydrogens is 370 g/mol. The monoisotopic (exact) mass is 392 g/mol. The molecule has 0 bridgehead atoms. The van der Waals surface area contributed by atoms with Gasteiger partial charge in [0.25, 0.3) is 0 Å². The lowest BCUT2D eigenvalue weighted by Gasteiger charge is -2.22. The average molecular weight is 392 g/mol. The Morgan fingerprint density at radius 1 is 0.964 bits per heavy atom. The van der Waals surface area contributed by atoms with Crippen molar-refractivity contribution in [2.24, 2.45) is 0 Å². The minimum Gasteiger partial charge on any atom is -0.481 e. The smallest absolute Gasteiger partial charge is 0.315 e. The lowest BCUT2D eigenvalue weighted by atomic mass is 10.0. The summed E-state index contributed by atoms with van der Waals surface area (Å²) in [5.41, 5.74) is 0.461. The first-order chi connectivity index (χ1) is 13.4. The van der Waals surface area contributed by atoms with E-state index in [1.165, 1.54) is 6.07 Å². The number of aliphatic hydroxyl groups excluding tert-OH is 1. The number of benzene rings is 2. The minimum atomic E-state index is -1.28. The summed E-state index contributed by atoms with van der Waals surface area (Å²) in [6, 6.07) is 9.89. The molecule has 0 aromatic heterocycles. The van der Waals surface area contributed by atoms with E-state index >= 15 is 0 Å². The van der Waals surface area contributed by atoms with Gasteiger partial charge in [-0.15, -0.1) is 0 Å². The highest BCUT2D eigenvalue weighted by Crippen LogP contribution is 2.20. The quantitative estimate of drug-likeness (QED) is 0.527. The third-order valence-electron chi connectivity index (χ3n) is 4.20. The molecule has 0 spiro atoms. The van der Waals surface area contributed by atoms with Gasteiger partial charge < -0.3 is 20.8 Å². The Balaban J connectivity index is 2.07. The molecule has 0 aliphatic heterocycles. The van der Waals surface area contributed by atoms with Crippen LogP contribution in [0.25, 0.3) is 0 Å². The van der Waals surface area contributed by atoms with Crippen LogP contribution in [0.1, 0.15) is 30.0 Å². The van der Waals surface area contributed by atoms with Gasteiger partial charge in [-0.3, -0.25) is 4.79 Å². The van der Waals surface area contributed by atoms with Crippen LogP contribution in [0.3, 0.4) is 0 Å². The number of aliphatic hydroxyl groups is 1. The van der Waals surface area contributed by atoms with Crippen LogP contribution in [0, 0.1) is 11.6 Å². The molecule has 6 nitrogen and oxygen atoms in total. The van der Waals surface area contributed by atoms with Crippen molar-refractivity contribution in [3.8, 4) is 0 Å². The second kappa shape index (κ2) is 10.4. The Hall–Kier alpha value is -3.00. The van der Waals surface area contributed by atoms with Crippen LogP contribution in [0.15, 0.2) is 48.5 Å². The number of carbonyl (C=O) groups is 2. The fourth-order valence-corrected chi connectivity index (χ4v) is 2.86. The van der Waals surface area contributed by atoms with Crippen LogP contribution in [0.5, 0.6) is 0 Å². The molecule has 4 N–H and O–H groups in total. The van der Waals surface area contributed by atoms with Crippen molar-refractivity contribution < 1.29 is 28.6 Å². The molecule has 2 aromatic rings. The lowest BCUT2D eigenvalue weighted by Crippen LogP contribution is -2.45. The molecule has 2 atom stereocenters. The summed E-state index contributed by atoms with van der Waals surface area (Å²) in [5.74, 6) is -2.76. The Morgan fingerprint density at radius 2 is 1.61 bits per heavy atom. The zero-order valence-electron chi connectivity index (χ0n) is 15.1. The number of amides is 2. The van der Waals surface area contributed by atoms with Crippen LogP contribution in [-0.2, 0) is 11.2 Å². The zero-order chi connectivity index (χ0) is 20.5. The van der Waals surface area contributed by atoms with Gasteiger partial charge in [-0.25, -0.2) is 13.6 Å². The predicted octanol–water partition coefficient (Wildman–Crippen LogP) is 2.77. The van der Waals surface area contributed by atoms with E-state index in [4.69, 9.17) is 5.11 Å². The molecule has 2 rings (SSSR count). The van der Waals surface area contributed by atoms with Gasteiger partial charge in [0, 0.05) is 18.0 Å². The predicted molar refractivity (Wildman–Crippen MR) is 98.7 cm³/mol.